The molecule has 0 fully saturated rings. The SMILES string of the molecule is C=CC1(O)CCOc2ccc(NC(=O)C(F)(F)F)cc21. The van der Waals surface area contributed by atoms with Crippen molar-refractivity contribution in [1.29, 1.82) is 0 Å². The summed E-state index contributed by atoms with van der Waals surface area (Å²) in [6.45, 7) is 3.78. The largest absolute Gasteiger partial charge is 0.493 e. The third-order valence-corrected chi connectivity index (χ3v) is 3.04. The Bertz CT molecular complexity index is 556. The molecule has 2 N–H and O–H groups in total. The highest BCUT2D eigenvalue weighted by Gasteiger charge is 2.39. The number of ether oxygens (including phenoxy) is 1. The van der Waals surface area contributed by atoms with Crippen LogP contribution in [0.1, 0.15) is 12.0 Å². The van der Waals surface area contributed by atoms with Gasteiger partial charge < -0.3 is 15.2 Å². The molecule has 20 heavy (non-hydrogen) atoms. The number of amides is 1. The zero-order valence-electron chi connectivity index (χ0n) is 10.3. The van der Waals surface area contributed by atoms with Crippen LogP contribution in [-0.2, 0) is 10.4 Å². The number of benzene rings is 1. The van der Waals surface area contributed by atoms with Crippen molar-refractivity contribution in [2.45, 2.75) is 18.2 Å². The molecule has 0 radical (unpaired) electrons. The highest BCUT2D eigenvalue weighted by atomic mass is 19.4. The van der Waals surface area contributed by atoms with E-state index in [2.05, 4.69) is 6.58 Å². The van der Waals surface area contributed by atoms with Crippen LogP contribution in [-0.4, -0.2) is 23.8 Å². The molecule has 0 saturated heterocycles. The van der Waals surface area contributed by atoms with Gasteiger partial charge >= 0.3 is 12.1 Å². The number of fused-ring (bicyclic) bond motifs is 1. The predicted octanol–water partition coefficient (Wildman–Crippen LogP) is 2.34. The first-order valence-corrected chi connectivity index (χ1v) is 5.78. The molecule has 1 aromatic carbocycles. The van der Waals surface area contributed by atoms with Crippen LogP contribution in [0.4, 0.5) is 18.9 Å². The predicted molar refractivity (Wildman–Crippen MR) is 65.3 cm³/mol. The van der Waals surface area contributed by atoms with Gasteiger partial charge in [-0.2, -0.15) is 13.2 Å². The van der Waals surface area contributed by atoms with Gasteiger partial charge in [0, 0.05) is 17.7 Å². The first-order valence-electron chi connectivity index (χ1n) is 5.78. The Morgan fingerprint density at radius 3 is 2.80 bits per heavy atom. The number of rotatable bonds is 2. The van der Waals surface area contributed by atoms with Crippen molar-refractivity contribution in [2.75, 3.05) is 11.9 Å². The molecule has 0 aromatic heterocycles. The molecule has 0 saturated carbocycles. The second-order valence-corrected chi connectivity index (χ2v) is 4.39. The van der Waals surface area contributed by atoms with E-state index in [4.69, 9.17) is 4.74 Å². The van der Waals surface area contributed by atoms with Crippen molar-refractivity contribution in [3.63, 3.8) is 0 Å². The average Bonchev–Trinajstić information content (AvgIpc) is 2.38. The Morgan fingerprint density at radius 2 is 2.20 bits per heavy atom. The molecule has 0 aliphatic carbocycles. The van der Waals surface area contributed by atoms with E-state index >= 15 is 0 Å². The smallest absolute Gasteiger partial charge is 0.471 e. The number of aliphatic hydroxyl groups is 1. The van der Waals surface area contributed by atoms with Crippen LogP contribution in [0.3, 0.4) is 0 Å². The number of anilines is 1. The summed E-state index contributed by atoms with van der Waals surface area (Å²) in [5, 5.41) is 12.0. The Morgan fingerprint density at radius 1 is 1.50 bits per heavy atom. The van der Waals surface area contributed by atoms with Gasteiger partial charge in [-0.25, -0.2) is 0 Å². The third-order valence-electron chi connectivity index (χ3n) is 3.04. The molecule has 1 aliphatic rings. The first kappa shape index (κ1) is 14.4. The van der Waals surface area contributed by atoms with Gasteiger partial charge in [-0.05, 0) is 18.2 Å². The topological polar surface area (TPSA) is 58.6 Å². The second-order valence-electron chi connectivity index (χ2n) is 4.39. The van der Waals surface area contributed by atoms with E-state index in [0.717, 1.165) is 0 Å². The van der Waals surface area contributed by atoms with E-state index in [1.807, 2.05) is 0 Å². The van der Waals surface area contributed by atoms with Gasteiger partial charge in [0.1, 0.15) is 11.4 Å². The van der Waals surface area contributed by atoms with Gasteiger partial charge in [-0.3, -0.25) is 4.79 Å². The molecule has 1 atom stereocenters. The van der Waals surface area contributed by atoms with Gasteiger partial charge in [-0.15, -0.1) is 0 Å². The normalized spacial score (nSPS) is 21.6. The zero-order valence-corrected chi connectivity index (χ0v) is 10.3. The van der Waals surface area contributed by atoms with Crippen molar-refractivity contribution < 1.29 is 27.8 Å². The van der Waals surface area contributed by atoms with Crippen LogP contribution in [0, 0.1) is 0 Å². The van der Waals surface area contributed by atoms with E-state index in [1.165, 1.54) is 24.3 Å². The van der Waals surface area contributed by atoms with Crippen molar-refractivity contribution in [3.05, 3.63) is 36.4 Å². The van der Waals surface area contributed by atoms with Crippen LogP contribution >= 0.6 is 0 Å². The highest BCUT2D eigenvalue weighted by molar-refractivity contribution is 5.95. The molecule has 7 heteroatoms. The third kappa shape index (κ3) is 2.62. The quantitative estimate of drug-likeness (QED) is 0.821. The molecule has 1 amide bonds. The van der Waals surface area contributed by atoms with E-state index in [0.29, 0.717) is 5.75 Å². The molecule has 0 bridgehead atoms. The summed E-state index contributed by atoms with van der Waals surface area (Å²) in [7, 11) is 0. The zero-order chi connectivity index (χ0) is 15.0. The number of hydrogen-bond acceptors (Lipinski definition) is 3. The lowest BCUT2D eigenvalue weighted by Gasteiger charge is -2.32. The summed E-state index contributed by atoms with van der Waals surface area (Å²) in [5.74, 6) is -1.72. The first-order chi connectivity index (χ1) is 9.26. The number of hydrogen-bond donors (Lipinski definition) is 2. The van der Waals surface area contributed by atoms with E-state index in [1.54, 1.807) is 5.32 Å². The maximum Gasteiger partial charge on any atom is 0.471 e. The Kier molecular flexibility index (Phi) is 3.47. The van der Waals surface area contributed by atoms with Crippen LogP contribution in [0.15, 0.2) is 30.9 Å². The summed E-state index contributed by atoms with van der Waals surface area (Å²) in [6.07, 6.45) is -3.44. The number of halogens is 3. The van der Waals surface area contributed by atoms with Crippen LogP contribution in [0.25, 0.3) is 0 Å². The van der Waals surface area contributed by atoms with Gasteiger partial charge in [0.25, 0.3) is 0 Å². The number of carbonyl (C=O) groups excluding carboxylic acids is 1. The molecular weight excluding hydrogens is 275 g/mol. The van der Waals surface area contributed by atoms with Crippen LogP contribution in [0.5, 0.6) is 5.75 Å². The molecule has 108 valence electrons. The number of alkyl halides is 3. The Balaban J connectivity index is 2.34. The molecule has 1 aromatic rings. The number of nitrogens with one attached hydrogen (secondary N) is 1. The van der Waals surface area contributed by atoms with Gasteiger partial charge in [-0.1, -0.05) is 12.7 Å². The highest BCUT2D eigenvalue weighted by Crippen LogP contribution is 2.39. The lowest BCUT2D eigenvalue weighted by Crippen LogP contribution is -2.32. The molecule has 1 unspecified atom stereocenters. The standard InChI is InChI=1S/C13H12F3NO3/c1-2-12(19)5-6-20-10-4-3-8(7-9(10)12)17-11(18)13(14,15)16/h2-4,7,19H,1,5-6H2,(H,17,18). The lowest BCUT2D eigenvalue weighted by molar-refractivity contribution is -0.167. The maximum absolute atomic E-state index is 12.2. The van der Waals surface area contributed by atoms with Crippen LogP contribution in [0.2, 0.25) is 0 Å². The summed E-state index contributed by atoms with van der Waals surface area (Å²) < 4.78 is 41.9. The van der Waals surface area contributed by atoms with Crippen LogP contribution < -0.4 is 10.1 Å². The monoisotopic (exact) mass is 287 g/mol. The molecule has 1 heterocycles. The minimum absolute atomic E-state index is 0.0724. The molecule has 1 aliphatic heterocycles. The summed E-state index contributed by atoms with van der Waals surface area (Å²) in [6, 6.07) is 3.92. The Hall–Kier alpha value is -2.02. The summed E-state index contributed by atoms with van der Waals surface area (Å²) in [5.41, 5.74) is -1.18. The van der Waals surface area contributed by atoms with Gasteiger partial charge in [0.05, 0.1) is 6.61 Å². The second kappa shape index (κ2) is 4.82. The van der Waals surface area contributed by atoms with Gasteiger partial charge in [0.15, 0.2) is 0 Å². The van der Waals surface area contributed by atoms with Crippen molar-refractivity contribution in [3.8, 4) is 5.75 Å². The molecular formula is C13H12F3NO3. The van der Waals surface area contributed by atoms with E-state index in [-0.39, 0.29) is 24.3 Å². The molecule has 4 nitrogen and oxygen atoms in total. The number of carbonyl (C=O) groups is 1. The summed E-state index contributed by atoms with van der Waals surface area (Å²) >= 11 is 0. The minimum Gasteiger partial charge on any atom is -0.493 e. The lowest BCUT2D eigenvalue weighted by atomic mass is 9.88. The fourth-order valence-corrected chi connectivity index (χ4v) is 1.94. The molecule has 2 rings (SSSR count). The summed E-state index contributed by atoms with van der Waals surface area (Å²) in [4.78, 5) is 10.9. The van der Waals surface area contributed by atoms with Crippen molar-refractivity contribution in [1.82, 2.24) is 0 Å². The molecule has 0 spiro atoms. The Labute approximate surface area is 112 Å². The van der Waals surface area contributed by atoms with Crippen molar-refractivity contribution >= 4 is 11.6 Å². The van der Waals surface area contributed by atoms with E-state index in [9.17, 15) is 23.1 Å². The fourth-order valence-electron chi connectivity index (χ4n) is 1.94. The van der Waals surface area contributed by atoms with Crippen molar-refractivity contribution in [2.24, 2.45) is 0 Å². The van der Waals surface area contributed by atoms with Gasteiger partial charge in [0.2, 0.25) is 0 Å². The van der Waals surface area contributed by atoms with E-state index < -0.39 is 17.7 Å². The maximum atomic E-state index is 12.2. The minimum atomic E-state index is -4.97. The average molecular weight is 287 g/mol. The fraction of sp³-hybridized carbons (Fsp3) is 0.308.